The molecule has 3 nitrogen and oxygen atoms in total. The third-order valence-corrected chi connectivity index (χ3v) is 3.88. The van der Waals surface area contributed by atoms with E-state index in [0.717, 1.165) is 10.8 Å². The van der Waals surface area contributed by atoms with Crippen LogP contribution < -0.4 is 10.1 Å². The fourth-order valence-corrected chi connectivity index (χ4v) is 2.64. The van der Waals surface area contributed by atoms with Gasteiger partial charge < -0.3 is 10.1 Å². The second-order valence-electron chi connectivity index (χ2n) is 5.18. The molecule has 0 atom stereocenters. The van der Waals surface area contributed by atoms with Crippen molar-refractivity contribution in [1.82, 2.24) is 0 Å². The third kappa shape index (κ3) is 3.19. The molecular weight excluding hydrogens is 329 g/mol. The van der Waals surface area contributed by atoms with E-state index in [1.165, 1.54) is 12.1 Å². The summed E-state index contributed by atoms with van der Waals surface area (Å²) >= 11 is 5.75. The average Bonchev–Trinajstić information content (AvgIpc) is 2.58. The summed E-state index contributed by atoms with van der Waals surface area (Å²) < 4.78 is 19.6. The molecule has 3 aromatic rings. The number of benzene rings is 3. The van der Waals surface area contributed by atoms with Gasteiger partial charge in [-0.3, -0.25) is 4.79 Å². The van der Waals surface area contributed by atoms with Gasteiger partial charge in [-0.25, -0.2) is 4.39 Å². The lowest BCUT2D eigenvalue weighted by Gasteiger charge is -2.13. The Hall–Kier alpha value is -2.59. The number of hydrogen-bond acceptors (Lipinski definition) is 2. The molecule has 1 amide bonds. The molecule has 24 heavy (non-hydrogen) atoms. The fraction of sp³-hybridized carbons (Fsp3) is 0.105. The number of amides is 1. The maximum atomic E-state index is 14.0. The molecule has 0 heterocycles. The molecule has 3 aromatic carbocycles. The van der Waals surface area contributed by atoms with E-state index in [4.69, 9.17) is 16.3 Å². The van der Waals surface area contributed by atoms with Crippen LogP contribution in [0.2, 0.25) is 5.02 Å². The smallest absolute Gasteiger partial charge is 0.259 e. The number of fused-ring (bicyclic) bond motifs is 1. The predicted octanol–water partition coefficient (Wildman–Crippen LogP) is 5.28. The van der Waals surface area contributed by atoms with Crippen LogP contribution in [0.1, 0.15) is 17.3 Å². The van der Waals surface area contributed by atoms with Gasteiger partial charge in [-0.2, -0.15) is 0 Å². The lowest BCUT2D eigenvalue weighted by molar-refractivity contribution is 0.102. The molecule has 0 saturated heterocycles. The van der Waals surface area contributed by atoms with Crippen LogP contribution in [-0.4, -0.2) is 12.5 Å². The van der Waals surface area contributed by atoms with Gasteiger partial charge in [-0.05, 0) is 42.0 Å². The van der Waals surface area contributed by atoms with Crippen molar-refractivity contribution in [2.45, 2.75) is 6.92 Å². The van der Waals surface area contributed by atoms with E-state index in [0.29, 0.717) is 17.9 Å². The maximum absolute atomic E-state index is 14.0. The Labute approximate surface area is 144 Å². The number of ether oxygens (including phenoxy) is 1. The summed E-state index contributed by atoms with van der Waals surface area (Å²) in [7, 11) is 0. The molecule has 3 rings (SSSR count). The van der Waals surface area contributed by atoms with Crippen LogP contribution in [0.5, 0.6) is 5.75 Å². The average molecular weight is 344 g/mol. The van der Waals surface area contributed by atoms with Gasteiger partial charge in [0.15, 0.2) is 5.82 Å². The van der Waals surface area contributed by atoms with E-state index in [9.17, 15) is 9.18 Å². The minimum absolute atomic E-state index is 0.0307. The lowest BCUT2D eigenvalue weighted by atomic mass is 10.1. The second-order valence-corrected chi connectivity index (χ2v) is 5.59. The van der Waals surface area contributed by atoms with Crippen molar-refractivity contribution >= 4 is 34.0 Å². The summed E-state index contributed by atoms with van der Waals surface area (Å²) in [6.07, 6.45) is 0. The topological polar surface area (TPSA) is 38.3 Å². The van der Waals surface area contributed by atoms with Crippen molar-refractivity contribution in [2.24, 2.45) is 0 Å². The van der Waals surface area contributed by atoms with E-state index in [1.54, 1.807) is 12.1 Å². The highest BCUT2D eigenvalue weighted by atomic mass is 35.5. The van der Waals surface area contributed by atoms with Gasteiger partial charge in [-0.15, -0.1) is 0 Å². The molecule has 0 spiro atoms. The van der Waals surface area contributed by atoms with Crippen molar-refractivity contribution < 1.29 is 13.9 Å². The van der Waals surface area contributed by atoms with Gasteiger partial charge in [0.2, 0.25) is 0 Å². The Morgan fingerprint density at radius 3 is 2.54 bits per heavy atom. The zero-order chi connectivity index (χ0) is 17.1. The molecule has 0 aliphatic heterocycles. The molecule has 0 fully saturated rings. The number of rotatable bonds is 4. The van der Waals surface area contributed by atoms with Crippen molar-refractivity contribution in [1.29, 1.82) is 0 Å². The van der Waals surface area contributed by atoms with Crippen molar-refractivity contribution in [2.75, 3.05) is 11.9 Å². The zero-order valence-electron chi connectivity index (χ0n) is 13.0. The first-order chi connectivity index (χ1) is 11.6. The highest BCUT2D eigenvalue weighted by Crippen LogP contribution is 2.28. The van der Waals surface area contributed by atoms with Crippen LogP contribution >= 0.6 is 11.6 Å². The first-order valence-corrected chi connectivity index (χ1v) is 7.89. The Kier molecular flexibility index (Phi) is 4.67. The molecule has 0 aliphatic rings. The van der Waals surface area contributed by atoms with Gasteiger partial charge in [-0.1, -0.05) is 41.9 Å². The highest BCUT2D eigenvalue weighted by Gasteiger charge is 2.16. The summed E-state index contributed by atoms with van der Waals surface area (Å²) in [6, 6.07) is 15.7. The summed E-state index contributed by atoms with van der Waals surface area (Å²) in [6.45, 7) is 2.26. The quantitative estimate of drug-likeness (QED) is 0.699. The predicted molar refractivity (Wildman–Crippen MR) is 94.5 cm³/mol. The van der Waals surface area contributed by atoms with E-state index in [1.807, 2.05) is 37.3 Å². The highest BCUT2D eigenvalue weighted by molar-refractivity contribution is 6.31. The standard InChI is InChI=1S/C19H15ClFNO2/c1-2-24-17-11-13-7-4-3-6-12(13)10-14(17)19(23)22-16-9-5-8-15(20)18(16)21/h3-11H,2H2,1H3,(H,22,23). The number of halogens is 2. The van der Waals surface area contributed by atoms with E-state index in [-0.39, 0.29) is 10.7 Å². The number of hydrogen-bond donors (Lipinski definition) is 1. The number of carbonyl (C=O) groups excluding carboxylic acids is 1. The molecule has 0 radical (unpaired) electrons. The largest absolute Gasteiger partial charge is 0.493 e. The summed E-state index contributed by atoms with van der Waals surface area (Å²) in [5.74, 6) is -0.659. The Bertz CT molecular complexity index is 911. The summed E-state index contributed by atoms with van der Waals surface area (Å²) in [4.78, 5) is 12.6. The van der Waals surface area contributed by atoms with E-state index >= 15 is 0 Å². The van der Waals surface area contributed by atoms with E-state index in [2.05, 4.69) is 5.32 Å². The Balaban J connectivity index is 2.01. The zero-order valence-corrected chi connectivity index (χ0v) is 13.7. The summed E-state index contributed by atoms with van der Waals surface area (Å²) in [5, 5.41) is 4.37. The van der Waals surface area contributed by atoms with Crippen molar-refractivity contribution in [3.63, 3.8) is 0 Å². The van der Waals surface area contributed by atoms with Gasteiger partial charge >= 0.3 is 0 Å². The van der Waals surface area contributed by atoms with Crippen molar-refractivity contribution in [3.8, 4) is 5.75 Å². The molecule has 122 valence electrons. The molecule has 0 saturated carbocycles. The van der Waals surface area contributed by atoms with Crippen LogP contribution in [0, 0.1) is 5.82 Å². The SMILES string of the molecule is CCOc1cc2ccccc2cc1C(=O)Nc1cccc(Cl)c1F. The molecule has 1 N–H and O–H groups in total. The number of carbonyl (C=O) groups is 1. The molecule has 0 unspecified atom stereocenters. The minimum atomic E-state index is -0.661. The number of anilines is 1. The Morgan fingerprint density at radius 2 is 1.83 bits per heavy atom. The molecule has 5 heteroatoms. The van der Waals surface area contributed by atoms with Crippen LogP contribution in [0.4, 0.5) is 10.1 Å². The maximum Gasteiger partial charge on any atom is 0.259 e. The lowest BCUT2D eigenvalue weighted by Crippen LogP contribution is -2.15. The van der Waals surface area contributed by atoms with Crippen LogP contribution in [0.15, 0.2) is 54.6 Å². The van der Waals surface area contributed by atoms with Gasteiger partial charge in [0.25, 0.3) is 5.91 Å². The van der Waals surface area contributed by atoms with Gasteiger partial charge in [0.1, 0.15) is 5.75 Å². The van der Waals surface area contributed by atoms with Crippen LogP contribution in [0.25, 0.3) is 10.8 Å². The van der Waals surface area contributed by atoms with Crippen LogP contribution in [-0.2, 0) is 0 Å². The first kappa shape index (κ1) is 16.3. The minimum Gasteiger partial charge on any atom is -0.493 e. The second kappa shape index (κ2) is 6.89. The fourth-order valence-electron chi connectivity index (χ4n) is 2.46. The van der Waals surface area contributed by atoms with Crippen LogP contribution in [0.3, 0.4) is 0 Å². The monoisotopic (exact) mass is 343 g/mol. The molecular formula is C19H15ClFNO2. The van der Waals surface area contributed by atoms with E-state index < -0.39 is 11.7 Å². The first-order valence-electron chi connectivity index (χ1n) is 7.51. The van der Waals surface area contributed by atoms with Gasteiger partial charge in [0, 0.05) is 0 Å². The third-order valence-electron chi connectivity index (χ3n) is 3.59. The molecule has 0 bridgehead atoms. The molecule has 0 aliphatic carbocycles. The normalized spacial score (nSPS) is 10.6. The Morgan fingerprint density at radius 1 is 1.12 bits per heavy atom. The van der Waals surface area contributed by atoms with Gasteiger partial charge in [0.05, 0.1) is 22.9 Å². The summed E-state index contributed by atoms with van der Waals surface area (Å²) in [5.41, 5.74) is 0.373. The van der Waals surface area contributed by atoms with Crippen molar-refractivity contribution in [3.05, 3.63) is 71.0 Å². The number of nitrogens with one attached hydrogen (secondary N) is 1. The molecule has 0 aromatic heterocycles.